The van der Waals surface area contributed by atoms with Crippen molar-refractivity contribution in [3.63, 3.8) is 0 Å². The fraction of sp³-hybridized carbons (Fsp3) is 0.650. The summed E-state index contributed by atoms with van der Waals surface area (Å²) in [6.07, 6.45) is 1.49. The molecule has 1 unspecified atom stereocenters. The van der Waals surface area contributed by atoms with Crippen molar-refractivity contribution in [2.45, 2.75) is 49.6 Å². The second-order valence-electron chi connectivity index (χ2n) is 8.31. The summed E-state index contributed by atoms with van der Waals surface area (Å²) in [5.41, 5.74) is 0.507. The zero-order chi connectivity index (χ0) is 21.9. The molecule has 1 saturated heterocycles. The van der Waals surface area contributed by atoms with E-state index in [4.69, 9.17) is 4.74 Å². The molecule has 1 aliphatic rings. The normalized spacial score (nSPS) is 20.9. The summed E-state index contributed by atoms with van der Waals surface area (Å²) >= 11 is 0. The van der Waals surface area contributed by atoms with Crippen LogP contribution in [0.5, 0.6) is 0 Å². The molecular weight excluding hydrogens is 404 g/mol. The Balaban J connectivity index is 1.94. The van der Waals surface area contributed by atoms with E-state index in [9.17, 15) is 8.42 Å². The van der Waals surface area contributed by atoms with Gasteiger partial charge in [-0.25, -0.2) is 13.1 Å². The van der Waals surface area contributed by atoms with E-state index in [-0.39, 0.29) is 0 Å². The second kappa shape index (κ2) is 9.09. The van der Waals surface area contributed by atoms with Gasteiger partial charge in [0.05, 0.1) is 23.6 Å². The molecule has 0 bridgehead atoms. The van der Waals surface area contributed by atoms with Gasteiger partial charge in [0.25, 0.3) is 0 Å². The van der Waals surface area contributed by atoms with Crippen molar-refractivity contribution < 1.29 is 13.2 Å². The lowest BCUT2D eigenvalue weighted by Gasteiger charge is -2.45. The van der Waals surface area contributed by atoms with Crippen molar-refractivity contribution in [1.82, 2.24) is 29.4 Å². The third kappa shape index (κ3) is 4.27. The zero-order valence-corrected chi connectivity index (χ0v) is 19.3. The van der Waals surface area contributed by atoms with E-state index in [1.54, 1.807) is 28.2 Å². The van der Waals surface area contributed by atoms with Crippen LogP contribution < -0.4 is 0 Å². The van der Waals surface area contributed by atoms with Gasteiger partial charge in [0.1, 0.15) is 0 Å². The van der Waals surface area contributed by atoms with E-state index in [2.05, 4.69) is 29.4 Å². The summed E-state index contributed by atoms with van der Waals surface area (Å²) in [7, 11) is 1.90. The highest BCUT2D eigenvalue weighted by molar-refractivity contribution is 7.89. The average molecular weight is 437 g/mol. The highest BCUT2D eigenvalue weighted by atomic mass is 32.2. The molecule has 9 nitrogen and oxygen atoms in total. The number of benzene rings is 1. The first kappa shape index (κ1) is 22.8. The third-order valence-electron chi connectivity index (χ3n) is 5.93. The molecule has 0 spiro atoms. The van der Waals surface area contributed by atoms with Crippen molar-refractivity contribution in [1.29, 1.82) is 0 Å². The van der Waals surface area contributed by atoms with E-state index < -0.39 is 15.6 Å². The van der Waals surface area contributed by atoms with Crippen LogP contribution in [0.3, 0.4) is 0 Å². The van der Waals surface area contributed by atoms with Gasteiger partial charge >= 0.3 is 0 Å². The Morgan fingerprint density at radius 2 is 1.93 bits per heavy atom. The number of hydrogen-bond acceptors (Lipinski definition) is 7. The lowest BCUT2D eigenvalue weighted by atomic mass is 9.88. The second-order valence-corrected chi connectivity index (χ2v) is 10.2. The van der Waals surface area contributed by atoms with Crippen LogP contribution in [0, 0.1) is 0 Å². The monoisotopic (exact) mass is 436 g/mol. The molecule has 30 heavy (non-hydrogen) atoms. The maximum atomic E-state index is 13.4. The molecule has 1 aliphatic heterocycles. The minimum Gasteiger partial charge on any atom is -0.383 e. The Labute approximate surface area is 179 Å². The van der Waals surface area contributed by atoms with Gasteiger partial charge in [0.15, 0.2) is 5.82 Å². The van der Waals surface area contributed by atoms with Gasteiger partial charge in [0, 0.05) is 20.2 Å². The van der Waals surface area contributed by atoms with Gasteiger partial charge in [-0.15, -0.1) is 5.10 Å². The number of rotatable bonds is 8. The van der Waals surface area contributed by atoms with Crippen LogP contribution in [0.25, 0.3) is 0 Å². The van der Waals surface area contributed by atoms with Crippen molar-refractivity contribution in [3.8, 4) is 0 Å². The number of aromatic nitrogens is 4. The quantitative estimate of drug-likeness (QED) is 0.621. The number of likely N-dealkylation sites (N-methyl/N-ethyl adjacent to an activating group) is 1. The summed E-state index contributed by atoms with van der Waals surface area (Å²) < 4.78 is 35.3. The molecule has 0 aliphatic carbocycles. The standard InChI is InChI=1S/C20H32N6O3S/c1-16(2)17-7-9-18(10-8-17)30(27,28)25-12-6-11-20(15-25,24(3)4)19-21-22-23-26(19)13-14-29-5/h7-10,16H,6,11-15H2,1-5H3. The van der Waals surface area contributed by atoms with Crippen LogP contribution in [0.2, 0.25) is 0 Å². The van der Waals surface area contributed by atoms with Gasteiger partial charge < -0.3 is 4.74 Å². The Morgan fingerprint density at radius 1 is 1.23 bits per heavy atom. The van der Waals surface area contributed by atoms with Gasteiger partial charge in [0.2, 0.25) is 10.0 Å². The Hall–Kier alpha value is -1.88. The fourth-order valence-corrected chi connectivity index (χ4v) is 5.52. The topological polar surface area (TPSA) is 93.4 Å². The van der Waals surface area contributed by atoms with Gasteiger partial charge in [-0.2, -0.15) is 4.31 Å². The van der Waals surface area contributed by atoms with E-state index in [1.807, 2.05) is 31.1 Å². The number of hydrogen-bond donors (Lipinski definition) is 0. The minimum absolute atomic E-state index is 0.293. The summed E-state index contributed by atoms with van der Waals surface area (Å²) in [6.45, 7) is 5.94. The molecule has 2 heterocycles. The van der Waals surface area contributed by atoms with Crippen LogP contribution in [-0.4, -0.2) is 78.7 Å². The van der Waals surface area contributed by atoms with E-state index in [0.29, 0.717) is 42.9 Å². The molecule has 1 atom stereocenters. The maximum Gasteiger partial charge on any atom is 0.243 e. The van der Waals surface area contributed by atoms with Crippen molar-refractivity contribution >= 4 is 10.0 Å². The Morgan fingerprint density at radius 3 is 2.53 bits per heavy atom. The summed E-state index contributed by atoms with van der Waals surface area (Å²) in [5.74, 6) is 1.02. The molecule has 1 aromatic heterocycles. The molecular formula is C20H32N6O3S. The number of nitrogens with zero attached hydrogens (tertiary/aromatic N) is 6. The number of ether oxygens (including phenoxy) is 1. The smallest absolute Gasteiger partial charge is 0.243 e. The van der Waals surface area contributed by atoms with Crippen LogP contribution in [0.1, 0.15) is 44.0 Å². The number of piperidine rings is 1. The Kier molecular flexibility index (Phi) is 6.91. The predicted molar refractivity (Wildman–Crippen MR) is 114 cm³/mol. The summed E-state index contributed by atoms with van der Waals surface area (Å²) in [6, 6.07) is 7.20. The number of methoxy groups -OCH3 is 1. The predicted octanol–water partition coefficient (Wildman–Crippen LogP) is 1.68. The average Bonchev–Trinajstić information content (AvgIpc) is 3.21. The minimum atomic E-state index is -3.63. The molecule has 1 fully saturated rings. The molecule has 0 radical (unpaired) electrons. The van der Waals surface area contributed by atoms with Crippen LogP contribution >= 0.6 is 0 Å². The van der Waals surface area contributed by atoms with Gasteiger partial charge in [-0.1, -0.05) is 26.0 Å². The first-order valence-corrected chi connectivity index (χ1v) is 11.7. The van der Waals surface area contributed by atoms with E-state index in [1.165, 1.54) is 0 Å². The molecule has 0 N–H and O–H groups in total. The third-order valence-corrected chi connectivity index (χ3v) is 7.79. The highest BCUT2D eigenvalue weighted by Crippen LogP contribution is 2.36. The largest absolute Gasteiger partial charge is 0.383 e. The van der Waals surface area contributed by atoms with Crippen LogP contribution in [0.15, 0.2) is 29.2 Å². The SMILES string of the molecule is COCCn1nnnc1C1(N(C)C)CCCN(S(=O)(=O)c2ccc(C(C)C)cc2)C1. The molecule has 10 heteroatoms. The van der Waals surface area contributed by atoms with E-state index in [0.717, 1.165) is 18.4 Å². The first-order valence-electron chi connectivity index (χ1n) is 10.3. The van der Waals surface area contributed by atoms with E-state index >= 15 is 0 Å². The Bertz CT molecular complexity index is 942. The van der Waals surface area contributed by atoms with Crippen molar-refractivity contribution in [3.05, 3.63) is 35.7 Å². The molecule has 1 aromatic carbocycles. The fourth-order valence-electron chi connectivity index (χ4n) is 3.99. The van der Waals surface area contributed by atoms with Gasteiger partial charge in [-0.05, 0) is 61.0 Å². The van der Waals surface area contributed by atoms with Crippen LogP contribution in [0.4, 0.5) is 0 Å². The number of sulfonamides is 1. The van der Waals surface area contributed by atoms with Crippen molar-refractivity contribution in [2.24, 2.45) is 0 Å². The summed E-state index contributed by atoms with van der Waals surface area (Å²) in [5, 5.41) is 12.3. The summed E-state index contributed by atoms with van der Waals surface area (Å²) in [4.78, 5) is 2.35. The molecule has 166 valence electrons. The lowest BCUT2D eigenvalue weighted by molar-refractivity contribution is 0.0620. The van der Waals surface area contributed by atoms with Crippen molar-refractivity contribution in [2.75, 3.05) is 40.9 Å². The van der Waals surface area contributed by atoms with Crippen LogP contribution in [-0.2, 0) is 26.8 Å². The zero-order valence-electron chi connectivity index (χ0n) is 18.4. The molecule has 3 rings (SSSR count). The molecule has 0 amide bonds. The lowest BCUT2D eigenvalue weighted by Crippen LogP contribution is -2.56. The maximum absolute atomic E-state index is 13.4. The molecule has 0 saturated carbocycles. The first-order chi connectivity index (χ1) is 14.2. The number of tetrazole rings is 1. The highest BCUT2D eigenvalue weighted by Gasteiger charge is 2.46. The van der Waals surface area contributed by atoms with Gasteiger partial charge in [-0.3, -0.25) is 4.90 Å². The molecule has 2 aromatic rings.